The first kappa shape index (κ1) is 12.0. The Morgan fingerprint density at radius 1 is 1.06 bits per heavy atom. The van der Waals surface area contributed by atoms with E-state index >= 15 is 0 Å². The molecule has 0 bridgehead atoms. The largest absolute Gasteiger partial charge is 0.265 e. The summed E-state index contributed by atoms with van der Waals surface area (Å²) < 4.78 is 26.9. The molecule has 0 amide bonds. The van der Waals surface area contributed by atoms with Gasteiger partial charge in [-0.25, -0.2) is 8.78 Å². The van der Waals surface area contributed by atoms with Crippen LogP contribution in [0.5, 0.6) is 0 Å². The van der Waals surface area contributed by atoms with Crippen LogP contribution in [0.25, 0.3) is 0 Å². The van der Waals surface area contributed by atoms with E-state index in [1.165, 1.54) is 18.2 Å². The van der Waals surface area contributed by atoms with E-state index in [0.29, 0.717) is 6.42 Å². The van der Waals surface area contributed by atoms with Crippen LogP contribution in [0, 0.1) is 11.6 Å². The molecule has 0 saturated heterocycles. The molecule has 0 aliphatic heterocycles. The minimum atomic E-state index is -0.724. The summed E-state index contributed by atoms with van der Waals surface area (Å²) in [7, 11) is 0. The maximum absolute atomic E-state index is 13.5. The van der Waals surface area contributed by atoms with Gasteiger partial charge in [0.2, 0.25) is 0 Å². The number of nitrogens with zero attached hydrogens (tertiary/aromatic N) is 1. The third-order valence-corrected chi connectivity index (χ3v) is 2.85. The second kappa shape index (κ2) is 5.23. The number of benzene rings is 1. The zero-order valence-corrected chi connectivity index (χ0v) is 9.66. The molecule has 2 rings (SSSR count). The lowest BCUT2D eigenvalue weighted by Crippen LogP contribution is -2.02. The van der Waals surface area contributed by atoms with E-state index in [4.69, 9.17) is 11.6 Å². The lowest BCUT2D eigenvalue weighted by atomic mass is 10.0. The summed E-state index contributed by atoms with van der Waals surface area (Å²) in [6, 6.07) is 7.28. The molecule has 1 aromatic heterocycles. The highest BCUT2D eigenvalue weighted by molar-refractivity contribution is 6.21. The highest BCUT2D eigenvalue weighted by atomic mass is 35.5. The molecule has 1 heterocycles. The molecule has 1 aromatic carbocycles. The van der Waals surface area contributed by atoms with E-state index in [1.54, 1.807) is 24.5 Å². The van der Waals surface area contributed by atoms with Gasteiger partial charge in [0.25, 0.3) is 0 Å². The highest BCUT2D eigenvalue weighted by Gasteiger charge is 2.18. The van der Waals surface area contributed by atoms with E-state index in [-0.39, 0.29) is 5.56 Å². The van der Waals surface area contributed by atoms with Gasteiger partial charge in [0, 0.05) is 18.0 Å². The third kappa shape index (κ3) is 2.80. The van der Waals surface area contributed by atoms with Crippen LogP contribution < -0.4 is 0 Å². The summed E-state index contributed by atoms with van der Waals surface area (Å²) in [5, 5.41) is -0.724. The van der Waals surface area contributed by atoms with Crippen molar-refractivity contribution >= 4 is 11.6 Å². The van der Waals surface area contributed by atoms with Crippen molar-refractivity contribution in [2.45, 2.75) is 11.8 Å². The van der Waals surface area contributed by atoms with Gasteiger partial charge < -0.3 is 0 Å². The van der Waals surface area contributed by atoms with Gasteiger partial charge in [0.1, 0.15) is 11.6 Å². The monoisotopic (exact) mass is 253 g/mol. The zero-order valence-electron chi connectivity index (χ0n) is 8.91. The van der Waals surface area contributed by atoms with Gasteiger partial charge in [-0.15, -0.1) is 11.6 Å². The van der Waals surface area contributed by atoms with Gasteiger partial charge in [0.15, 0.2) is 0 Å². The fraction of sp³-hybridized carbons (Fsp3) is 0.154. The second-order valence-electron chi connectivity index (χ2n) is 3.66. The van der Waals surface area contributed by atoms with Crippen molar-refractivity contribution in [3.05, 3.63) is 65.5 Å². The smallest absolute Gasteiger partial charge is 0.130 e. The summed E-state index contributed by atoms with van der Waals surface area (Å²) in [5.74, 6) is -1.22. The number of rotatable bonds is 3. The van der Waals surface area contributed by atoms with Crippen LogP contribution in [0.4, 0.5) is 8.78 Å². The molecule has 0 fully saturated rings. The average molecular weight is 254 g/mol. The molecule has 4 heteroatoms. The Kier molecular flexibility index (Phi) is 3.69. The van der Waals surface area contributed by atoms with E-state index in [9.17, 15) is 8.78 Å². The third-order valence-electron chi connectivity index (χ3n) is 2.48. The Labute approximate surface area is 103 Å². The quantitative estimate of drug-likeness (QED) is 0.757. The Morgan fingerprint density at radius 3 is 2.24 bits per heavy atom. The second-order valence-corrected chi connectivity index (χ2v) is 4.19. The van der Waals surface area contributed by atoms with Gasteiger partial charge in [-0.1, -0.05) is 6.07 Å². The Morgan fingerprint density at radius 2 is 1.65 bits per heavy atom. The topological polar surface area (TPSA) is 12.9 Å². The minimum absolute atomic E-state index is 0.0778. The standard InChI is InChI=1S/C13H10ClF2N/c14-10(8-9-4-6-17-7-5-9)13-11(15)2-1-3-12(13)16/h1-7,10H,8H2. The number of pyridine rings is 1. The number of hydrogen-bond donors (Lipinski definition) is 0. The molecule has 88 valence electrons. The van der Waals surface area contributed by atoms with Gasteiger partial charge in [0.05, 0.1) is 5.38 Å². The molecular formula is C13H10ClF2N. The lowest BCUT2D eigenvalue weighted by molar-refractivity contribution is 0.551. The van der Waals surface area contributed by atoms with Crippen LogP contribution in [-0.4, -0.2) is 4.98 Å². The van der Waals surface area contributed by atoms with Crippen LogP contribution in [0.3, 0.4) is 0 Å². The summed E-state index contributed by atoms with van der Waals surface area (Å²) in [4.78, 5) is 3.87. The molecular weight excluding hydrogens is 244 g/mol. The average Bonchev–Trinajstić information content (AvgIpc) is 2.30. The predicted molar refractivity (Wildman–Crippen MR) is 62.9 cm³/mol. The van der Waals surface area contributed by atoms with Crippen molar-refractivity contribution < 1.29 is 8.78 Å². The van der Waals surface area contributed by atoms with Crippen LogP contribution in [0.15, 0.2) is 42.7 Å². The molecule has 0 aliphatic carbocycles. The number of alkyl halides is 1. The van der Waals surface area contributed by atoms with Gasteiger partial charge in [-0.3, -0.25) is 4.98 Å². The first-order chi connectivity index (χ1) is 8.18. The van der Waals surface area contributed by atoms with Crippen molar-refractivity contribution in [2.24, 2.45) is 0 Å². The molecule has 0 N–H and O–H groups in total. The van der Waals surface area contributed by atoms with Crippen LogP contribution in [0.2, 0.25) is 0 Å². The summed E-state index contributed by atoms with van der Waals surface area (Å²) in [5.41, 5.74) is 0.814. The zero-order chi connectivity index (χ0) is 12.3. The van der Waals surface area contributed by atoms with Gasteiger partial charge >= 0.3 is 0 Å². The van der Waals surface area contributed by atoms with Crippen molar-refractivity contribution in [2.75, 3.05) is 0 Å². The van der Waals surface area contributed by atoms with E-state index in [1.807, 2.05) is 0 Å². The van der Waals surface area contributed by atoms with Crippen LogP contribution in [0.1, 0.15) is 16.5 Å². The van der Waals surface area contributed by atoms with Gasteiger partial charge in [-0.2, -0.15) is 0 Å². The minimum Gasteiger partial charge on any atom is -0.265 e. The van der Waals surface area contributed by atoms with E-state index in [0.717, 1.165) is 5.56 Å². The molecule has 1 nitrogen and oxygen atoms in total. The maximum atomic E-state index is 13.5. The molecule has 0 radical (unpaired) electrons. The normalized spacial score (nSPS) is 12.4. The maximum Gasteiger partial charge on any atom is 0.130 e. The Balaban J connectivity index is 2.23. The molecule has 1 unspecified atom stereocenters. The summed E-state index contributed by atoms with van der Waals surface area (Å²) >= 11 is 6.05. The Hall–Kier alpha value is -1.48. The SMILES string of the molecule is Fc1cccc(F)c1C(Cl)Cc1ccncc1. The summed E-state index contributed by atoms with van der Waals surface area (Å²) in [6.07, 6.45) is 3.61. The lowest BCUT2D eigenvalue weighted by Gasteiger charge is -2.11. The van der Waals surface area contributed by atoms with E-state index in [2.05, 4.69) is 4.98 Å². The molecule has 0 saturated carbocycles. The molecule has 17 heavy (non-hydrogen) atoms. The fourth-order valence-electron chi connectivity index (χ4n) is 1.64. The van der Waals surface area contributed by atoms with Crippen molar-refractivity contribution in [3.63, 3.8) is 0 Å². The van der Waals surface area contributed by atoms with Crippen molar-refractivity contribution in [1.82, 2.24) is 4.98 Å². The molecule has 1 atom stereocenters. The predicted octanol–water partition coefficient (Wildman–Crippen LogP) is 3.88. The fourth-order valence-corrected chi connectivity index (χ4v) is 2.02. The first-order valence-electron chi connectivity index (χ1n) is 5.15. The van der Waals surface area contributed by atoms with Crippen LogP contribution >= 0.6 is 11.6 Å². The first-order valence-corrected chi connectivity index (χ1v) is 5.59. The van der Waals surface area contributed by atoms with E-state index < -0.39 is 17.0 Å². The highest BCUT2D eigenvalue weighted by Crippen LogP contribution is 2.29. The number of halogens is 3. The van der Waals surface area contributed by atoms with Crippen molar-refractivity contribution in [3.8, 4) is 0 Å². The number of aromatic nitrogens is 1. The molecule has 2 aromatic rings. The van der Waals surface area contributed by atoms with Gasteiger partial charge in [-0.05, 0) is 36.2 Å². The molecule has 0 spiro atoms. The Bertz CT molecular complexity index is 482. The number of hydrogen-bond acceptors (Lipinski definition) is 1. The van der Waals surface area contributed by atoms with Crippen molar-refractivity contribution in [1.29, 1.82) is 0 Å². The van der Waals surface area contributed by atoms with Crippen LogP contribution in [-0.2, 0) is 6.42 Å². The molecule has 0 aliphatic rings. The summed E-state index contributed by atoms with van der Waals surface area (Å²) in [6.45, 7) is 0.